The molecule has 3 heteroatoms. The Balaban J connectivity index is 2.41. The molecule has 0 fully saturated rings. The van der Waals surface area contributed by atoms with Crippen LogP contribution in [0.25, 0.3) is 0 Å². The lowest BCUT2D eigenvalue weighted by Gasteiger charge is -2.04. The predicted octanol–water partition coefficient (Wildman–Crippen LogP) is 1.02. The Morgan fingerprint density at radius 3 is 2.90 bits per heavy atom. The molecule has 0 spiro atoms. The van der Waals surface area contributed by atoms with E-state index in [1.807, 2.05) is 0 Å². The van der Waals surface area contributed by atoms with Gasteiger partial charge in [-0.15, -0.1) is 0 Å². The fraction of sp³-hybridized carbons (Fsp3) is 0.571. The van der Waals surface area contributed by atoms with Gasteiger partial charge in [-0.25, -0.2) is 4.98 Å². The van der Waals surface area contributed by atoms with Gasteiger partial charge in [-0.2, -0.15) is 0 Å². The number of thiazole rings is 1. The molecule has 0 amide bonds. The van der Waals surface area contributed by atoms with Crippen LogP contribution in [0.4, 0.5) is 5.13 Å². The average Bonchev–Trinajstić information content (AvgIpc) is 2.27. The normalized spacial score (nSPS) is 16.8. The van der Waals surface area contributed by atoms with Crippen molar-refractivity contribution in [3.63, 3.8) is 0 Å². The number of hydrogen-bond acceptors (Lipinski definition) is 2. The average molecular weight is 155 g/mol. The van der Waals surface area contributed by atoms with Crippen LogP contribution in [-0.4, -0.2) is 0 Å². The van der Waals surface area contributed by atoms with Gasteiger partial charge in [0.05, 0.1) is 4.88 Å². The lowest BCUT2D eigenvalue weighted by molar-refractivity contribution is -0.367. The van der Waals surface area contributed by atoms with E-state index >= 15 is 0 Å². The van der Waals surface area contributed by atoms with Gasteiger partial charge in [-0.3, -0.25) is 5.73 Å². The van der Waals surface area contributed by atoms with Crippen LogP contribution in [0.2, 0.25) is 0 Å². The van der Waals surface area contributed by atoms with Crippen molar-refractivity contribution in [2.75, 3.05) is 5.73 Å². The second-order valence-electron chi connectivity index (χ2n) is 2.70. The Hall–Kier alpha value is -0.570. The lowest BCUT2D eigenvalue weighted by Crippen LogP contribution is -2.13. The Morgan fingerprint density at radius 2 is 2.10 bits per heavy atom. The summed E-state index contributed by atoms with van der Waals surface area (Å²) in [6.45, 7) is 0. The molecule has 2 rings (SSSR count). The van der Waals surface area contributed by atoms with Crippen LogP contribution in [0.5, 0.6) is 0 Å². The molecule has 1 aromatic heterocycles. The number of H-pyrrole nitrogens is 1. The summed E-state index contributed by atoms with van der Waals surface area (Å²) in [6.07, 6.45) is 5.08. The van der Waals surface area contributed by atoms with E-state index in [4.69, 9.17) is 5.73 Å². The van der Waals surface area contributed by atoms with E-state index in [1.165, 1.54) is 36.3 Å². The third-order valence-corrected chi connectivity index (χ3v) is 2.94. The zero-order valence-corrected chi connectivity index (χ0v) is 6.63. The largest absolute Gasteiger partial charge is 0.329 e. The molecule has 0 saturated heterocycles. The van der Waals surface area contributed by atoms with Crippen molar-refractivity contribution in [1.82, 2.24) is 0 Å². The molecular weight excluding hydrogens is 144 g/mol. The Labute approximate surface area is 64.1 Å². The topological polar surface area (TPSA) is 40.2 Å². The minimum atomic E-state index is 0.868. The number of nitrogens with two attached hydrogens (primary N) is 1. The van der Waals surface area contributed by atoms with Gasteiger partial charge >= 0.3 is 5.13 Å². The first-order valence-corrected chi connectivity index (χ1v) is 4.47. The van der Waals surface area contributed by atoms with Crippen LogP contribution in [0.15, 0.2) is 0 Å². The number of aryl methyl sites for hydroxylation is 2. The maximum absolute atomic E-state index is 5.62. The van der Waals surface area contributed by atoms with Crippen LogP contribution in [0, 0.1) is 0 Å². The molecule has 0 unspecified atom stereocenters. The molecule has 2 nitrogen and oxygen atoms in total. The lowest BCUT2D eigenvalue weighted by atomic mass is 10.0. The fourth-order valence-electron chi connectivity index (χ4n) is 1.43. The van der Waals surface area contributed by atoms with Gasteiger partial charge in [0, 0.05) is 6.42 Å². The number of nitrogen functional groups attached to an aromatic ring is 1. The van der Waals surface area contributed by atoms with Gasteiger partial charge in [-0.05, 0) is 19.3 Å². The van der Waals surface area contributed by atoms with Gasteiger partial charge in [-0.1, -0.05) is 11.3 Å². The molecule has 0 saturated carbocycles. The summed E-state index contributed by atoms with van der Waals surface area (Å²) in [5.74, 6) is 0. The molecule has 10 heavy (non-hydrogen) atoms. The molecule has 0 aliphatic heterocycles. The quantitative estimate of drug-likeness (QED) is 0.597. The van der Waals surface area contributed by atoms with E-state index in [2.05, 4.69) is 4.98 Å². The fourth-order valence-corrected chi connectivity index (χ4v) is 2.39. The summed E-state index contributed by atoms with van der Waals surface area (Å²) >= 11 is 1.71. The van der Waals surface area contributed by atoms with Crippen molar-refractivity contribution in [2.24, 2.45) is 0 Å². The highest BCUT2D eigenvalue weighted by Crippen LogP contribution is 2.24. The number of fused-ring (bicyclic) bond motifs is 1. The van der Waals surface area contributed by atoms with E-state index in [0.717, 1.165) is 5.13 Å². The Bertz CT molecular complexity index is 218. The summed E-state index contributed by atoms with van der Waals surface area (Å²) in [5.41, 5.74) is 7.00. The van der Waals surface area contributed by atoms with Crippen LogP contribution >= 0.6 is 11.3 Å². The van der Waals surface area contributed by atoms with E-state index < -0.39 is 0 Å². The van der Waals surface area contributed by atoms with Crippen molar-refractivity contribution in [1.29, 1.82) is 0 Å². The van der Waals surface area contributed by atoms with E-state index in [-0.39, 0.29) is 0 Å². The molecule has 1 aromatic rings. The summed E-state index contributed by atoms with van der Waals surface area (Å²) in [7, 11) is 0. The standard InChI is InChI=1S/C7H10N2S/c8-7-9-5-3-1-2-4-6(5)10-7/h1-4H2,(H2,8,9)/p+1. The Morgan fingerprint density at radius 1 is 1.30 bits per heavy atom. The summed E-state index contributed by atoms with van der Waals surface area (Å²) < 4.78 is 0. The SMILES string of the molecule is Nc1[nH+]c2c(s1)CCCC2. The van der Waals surface area contributed by atoms with Crippen molar-refractivity contribution < 1.29 is 4.98 Å². The first kappa shape index (κ1) is 6.16. The smallest absolute Gasteiger partial charge is 0.278 e. The molecule has 54 valence electrons. The zero-order valence-electron chi connectivity index (χ0n) is 5.81. The molecule has 0 radical (unpaired) electrons. The third-order valence-electron chi connectivity index (χ3n) is 1.92. The number of aromatic nitrogens is 1. The minimum Gasteiger partial charge on any atom is -0.278 e. The zero-order chi connectivity index (χ0) is 6.97. The van der Waals surface area contributed by atoms with E-state index in [1.54, 1.807) is 11.3 Å². The summed E-state index contributed by atoms with van der Waals surface area (Å²) in [5, 5.41) is 0.868. The maximum atomic E-state index is 5.62. The van der Waals surface area contributed by atoms with Crippen molar-refractivity contribution in [2.45, 2.75) is 25.7 Å². The predicted molar refractivity (Wildman–Crippen MR) is 41.9 cm³/mol. The molecule has 1 aliphatic carbocycles. The highest BCUT2D eigenvalue weighted by molar-refractivity contribution is 7.15. The maximum Gasteiger partial charge on any atom is 0.329 e. The van der Waals surface area contributed by atoms with Gasteiger partial charge < -0.3 is 0 Å². The summed E-state index contributed by atoms with van der Waals surface area (Å²) in [4.78, 5) is 4.67. The molecule has 0 bridgehead atoms. The second kappa shape index (κ2) is 2.23. The van der Waals surface area contributed by atoms with Gasteiger partial charge in [0.2, 0.25) is 0 Å². The Kier molecular flexibility index (Phi) is 1.38. The van der Waals surface area contributed by atoms with E-state index in [9.17, 15) is 0 Å². The number of nitrogens with one attached hydrogen (secondary N) is 1. The first-order chi connectivity index (χ1) is 4.86. The molecule has 0 aromatic carbocycles. The number of aromatic amines is 1. The number of anilines is 1. The second-order valence-corrected chi connectivity index (χ2v) is 3.84. The number of hydrogen-bond donors (Lipinski definition) is 1. The molecule has 0 atom stereocenters. The molecule has 1 aliphatic rings. The van der Waals surface area contributed by atoms with Crippen molar-refractivity contribution in [3.8, 4) is 0 Å². The monoisotopic (exact) mass is 155 g/mol. The minimum absolute atomic E-state index is 0.868. The van der Waals surface area contributed by atoms with Crippen LogP contribution in [-0.2, 0) is 12.8 Å². The summed E-state index contributed by atoms with van der Waals surface area (Å²) in [6, 6.07) is 0. The van der Waals surface area contributed by atoms with Crippen LogP contribution in [0.3, 0.4) is 0 Å². The third kappa shape index (κ3) is 0.904. The van der Waals surface area contributed by atoms with Gasteiger partial charge in [0.1, 0.15) is 5.69 Å². The van der Waals surface area contributed by atoms with Gasteiger partial charge in [0.15, 0.2) is 0 Å². The molecular formula is C7H11N2S+. The van der Waals surface area contributed by atoms with Crippen molar-refractivity contribution in [3.05, 3.63) is 10.6 Å². The molecule has 1 heterocycles. The highest BCUT2D eigenvalue weighted by atomic mass is 32.1. The first-order valence-electron chi connectivity index (χ1n) is 3.65. The van der Waals surface area contributed by atoms with Gasteiger partial charge in [0.25, 0.3) is 0 Å². The molecule has 3 N–H and O–H groups in total. The van der Waals surface area contributed by atoms with Crippen LogP contribution < -0.4 is 10.7 Å². The van der Waals surface area contributed by atoms with E-state index in [0.29, 0.717) is 0 Å². The van der Waals surface area contributed by atoms with Crippen molar-refractivity contribution >= 4 is 16.5 Å². The highest BCUT2D eigenvalue weighted by Gasteiger charge is 2.16. The number of rotatable bonds is 0. The van der Waals surface area contributed by atoms with Crippen LogP contribution in [0.1, 0.15) is 23.4 Å².